The van der Waals surface area contributed by atoms with Crippen LogP contribution in [0.1, 0.15) is 25.8 Å². The first kappa shape index (κ1) is 16.8. The highest BCUT2D eigenvalue weighted by Gasteiger charge is 2.24. The minimum atomic E-state index is -0.540. The molecule has 1 N–H and O–H groups in total. The second-order valence-electron chi connectivity index (χ2n) is 4.41. The standard InChI is InChI=1S/C14H18Cl2N2O2/c1-4-13(19)18(9(2)14(20)17-3)8-10-5-6-11(15)12(16)7-10/h5-7,9H,4,8H2,1-3H3,(H,17,20)/t9-/m0/s1. The van der Waals surface area contributed by atoms with Gasteiger partial charge in [-0.2, -0.15) is 0 Å². The maximum atomic E-state index is 12.0. The third-order valence-electron chi connectivity index (χ3n) is 3.05. The molecule has 0 unspecified atom stereocenters. The van der Waals surface area contributed by atoms with Gasteiger partial charge in [0.1, 0.15) is 6.04 Å². The number of hydrogen-bond donors (Lipinski definition) is 1. The van der Waals surface area contributed by atoms with E-state index in [-0.39, 0.29) is 11.8 Å². The van der Waals surface area contributed by atoms with E-state index in [0.29, 0.717) is 23.0 Å². The minimum Gasteiger partial charge on any atom is -0.357 e. The van der Waals surface area contributed by atoms with Crippen molar-refractivity contribution in [2.24, 2.45) is 0 Å². The Bertz CT molecular complexity index is 506. The normalized spacial score (nSPS) is 11.8. The van der Waals surface area contributed by atoms with Gasteiger partial charge in [-0.3, -0.25) is 9.59 Å². The van der Waals surface area contributed by atoms with Crippen molar-refractivity contribution in [3.63, 3.8) is 0 Å². The molecule has 1 rings (SSSR count). The highest BCUT2D eigenvalue weighted by Crippen LogP contribution is 2.23. The van der Waals surface area contributed by atoms with E-state index < -0.39 is 6.04 Å². The van der Waals surface area contributed by atoms with Crippen molar-refractivity contribution in [3.8, 4) is 0 Å². The van der Waals surface area contributed by atoms with Crippen LogP contribution in [0.2, 0.25) is 10.0 Å². The lowest BCUT2D eigenvalue weighted by Crippen LogP contribution is -2.46. The van der Waals surface area contributed by atoms with Crippen LogP contribution < -0.4 is 5.32 Å². The summed E-state index contributed by atoms with van der Waals surface area (Å²) in [6, 6.07) is 4.64. The number of hydrogen-bond acceptors (Lipinski definition) is 2. The molecule has 0 saturated carbocycles. The highest BCUT2D eigenvalue weighted by molar-refractivity contribution is 6.42. The molecule has 2 amide bonds. The van der Waals surface area contributed by atoms with Gasteiger partial charge >= 0.3 is 0 Å². The van der Waals surface area contributed by atoms with E-state index in [1.54, 1.807) is 39.1 Å². The lowest BCUT2D eigenvalue weighted by Gasteiger charge is -2.28. The van der Waals surface area contributed by atoms with Crippen molar-refractivity contribution in [2.45, 2.75) is 32.9 Å². The molecule has 0 spiro atoms. The SMILES string of the molecule is CCC(=O)N(Cc1ccc(Cl)c(Cl)c1)[C@@H](C)C(=O)NC. The fraction of sp³-hybridized carbons (Fsp3) is 0.429. The predicted octanol–water partition coefficient (Wildman–Crippen LogP) is 2.87. The maximum Gasteiger partial charge on any atom is 0.242 e. The van der Waals surface area contributed by atoms with E-state index in [1.165, 1.54) is 4.90 Å². The van der Waals surface area contributed by atoms with Crippen LogP contribution in [0.15, 0.2) is 18.2 Å². The summed E-state index contributed by atoms with van der Waals surface area (Å²) in [5.41, 5.74) is 0.831. The molecule has 0 bridgehead atoms. The first-order chi connectivity index (χ1) is 9.40. The molecule has 0 aromatic heterocycles. The second-order valence-corrected chi connectivity index (χ2v) is 5.23. The van der Waals surface area contributed by atoms with E-state index in [0.717, 1.165) is 5.56 Å². The third-order valence-corrected chi connectivity index (χ3v) is 3.79. The van der Waals surface area contributed by atoms with Crippen LogP contribution in [0.3, 0.4) is 0 Å². The van der Waals surface area contributed by atoms with E-state index >= 15 is 0 Å². The Labute approximate surface area is 129 Å². The first-order valence-corrected chi connectivity index (χ1v) is 7.11. The Hall–Kier alpha value is -1.26. The largest absolute Gasteiger partial charge is 0.357 e. The van der Waals surface area contributed by atoms with E-state index in [2.05, 4.69) is 5.32 Å². The molecule has 0 fully saturated rings. The number of nitrogens with zero attached hydrogens (tertiary/aromatic N) is 1. The van der Waals surface area contributed by atoms with Crippen LogP contribution in [0.5, 0.6) is 0 Å². The monoisotopic (exact) mass is 316 g/mol. The van der Waals surface area contributed by atoms with E-state index in [9.17, 15) is 9.59 Å². The van der Waals surface area contributed by atoms with Gasteiger partial charge in [0.15, 0.2) is 0 Å². The van der Waals surface area contributed by atoms with Gasteiger partial charge in [0.05, 0.1) is 10.0 Å². The molecule has 1 aromatic rings. The molecule has 20 heavy (non-hydrogen) atoms. The average molecular weight is 317 g/mol. The topological polar surface area (TPSA) is 49.4 Å². The first-order valence-electron chi connectivity index (χ1n) is 6.35. The number of halogens is 2. The van der Waals surface area contributed by atoms with Crippen molar-refractivity contribution in [3.05, 3.63) is 33.8 Å². The molecule has 1 atom stereocenters. The lowest BCUT2D eigenvalue weighted by atomic mass is 10.1. The summed E-state index contributed by atoms with van der Waals surface area (Å²) in [5.74, 6) is -0.293. The summed E-state index contributed by atoms with van der Waals surface area (Å²) < 4.78 is 0. The lowest BCUT2D eigenvalue weighted by molar-refractivity contribution is -0.140. The minimum absolute atomic E-state index is 0.0906. The van der Waals surface area contributed by atoms with Gasteiger partial charge in [-0.15, -0.1) is 0 Å². The molecular formula is C14H18Cl2N2O2. The Morgan fingerprint density at radius 3 is 2.45 bits per heavy atom. The van der Waals surface area contributed by atoms with Gasteiger partial charge in [0, 0.05) is 20.0 Å². The predicted molar refractivity (Wildman–Crippen MR) is 80.8 cm³/mol. The molecule has 110 valence electrons. The number of likely N-dealkylation sites (N-methyl/N-ethyl adjacent to an activating group) is 1. The van der Waals surface area contributed by atoms with Crippen molar-refractivity contribution in [1.82, 2.24) is 10.2 Å². The van der Waals surface area contributed by atoms with Crippen LogP contribution in [0.25, 0.3) is 0 Å². The molecular weight excluding hydrogens is 299 g/mol. The molecule has 1 aromatic carbocycles. The van der Waals surface area contributed by atoms with Gasteiger partial charge in [0.2, 0.25) is 11.8 Å². The van der Waals surface area contributed by atoms with E-state index in [1.807, 2.05) is 0 Å². The number of nitrogens with one attached hydrogen (secondary N) is 1. The van der Waals surface area contributed by atoms with Crippen molar-refractivity contribution < 1.29 is 9.59 Å². The van der Waals surface area contributed by atoms with Gasteiger partial charge in [-0.05, 0) is 24.6 Å². The molecule has 0 aliphatic carbocycles. The number of amides is 2. The average Bonchev–Trinajstić information content (AvgIpc) is 2.45. The molecule has 0 saturated heterocycles. The Kier molecular flexibility index (Phi) is 6.30. The molecule has 0 aliphatic rings. The number of rotatable bonds is 5. The Balaban J connectivity index is 2.97. The fourth-order valence-electron chi connectivity index (χ4n) is 1.83. The second kappa shape index (κ2) is 7.50. The summed E-state index contributed by atoms with van der Waals surface area (Å²) in [5, 5.41) is 3.44. The van der Waals surface area contributed by atoms with Crippen molar-refractivity contribution in [1.29, 1.82) is 0 Å². The van der Waals surface area contributed by atoms with Crippen LogP contribution in [0.4, 0.5) is 0 Å². The number of benzene rings is 1. The van der Waals surface area contributed by atoms with E-state index in [4.69, 9.17) is 23.2 Å². The molecule has 6 heteroatoms. The number of carbonyl (C=O) groups is 2. The quantitative estimate of drug-likeness (QED) is 0.908. The van der Waals surface area contributed by atoms with Crippen molar-refractivity contribution in [2.75, 3.05) is 7.05 Å². The summed E-state index contributed by atoms with van der Waals surface area (Å²) in [6.45, 7) is 3.78. The summed E-state index contributed by atoms with van der Waals surface area (Å²) in [7, 11) is 1.55. The summed E-state index contributed by atoms with van der Waals surface area (Å²) >= 11 is 11.8. The maximum absolute atomic E-state index is 12.0. The Morgan fingerprint density at radius 2 is 1.95 bits per heavy atom. The third kappa shape index (κ3) is 4.12. The zero-order valence-electron chi connectivity index (χ0n) is 11.7. The highest BCUT2D eigenvalue weighted by atomic mass is 35.5. The summed E-state index contributed by atoms with van der Waals surface area (Å²) in [6.07, 6.45) is 0.336. The smallest absolute Gasteiger partial charge is 0.242 e. The van der Waals surface area contributed by atoms with Crippen LogP contribution >= 0.6 is 23.2 Å². The fourth-order valence-corrected chi connectivity index (χ4v) is 2.15. The van der Waals surface area contributed by atoms with Crippen LogP contribution in [0, 0.1) is 0 Å². The van der Waals surface area contributed by atoms with Gasteiger partial charge in [-0.25, -0.2) is 0 Å². The summed E-state index contributed by atoms with van der Waals surface area (Å²) in [4.78, 5) is 25.3. The van der Waals surface area contributed by atoms with Crippen LogP contribution in [-0.4, -0.2) is 29.8 Å². The van der Waals surface area contributed by atoms with Gasteiger partial charge in [0.25, 0.3) is 0 Å². The molecule has 0 heterocycles. The molecule has 0 radical (unpaired) electrons. The Morgan fingerprint density at radius 1 is 1.30 bits per heavy atom. The van der Waals surface area contributed by atoms with Crippen LogP contribution in [-0.2, 0) is 16.1 Å². The van der Waals surface area contributed by atoms with Gasteiger partial charge in [-0.1, -0.05) is 36.2 Å². The van der Waals surface area contributed by atoms with Crippen molar-refractivity contribution >= 4 is 35.0 Å². The zero-order chi connectivity index (χ0) is 15.3. The molecule has 4 nitrogen and oxygen atoms in total. The van der Waals surface area contributed by atoms with Gasteiger partial charge < -0.3 is 10.2 Å². The zero-order valence-corrected chi connectivity index (χ0v) is 13.3. The molecule has 0 aliphatic heterocycles. The number of carbonyl (C=O) groups excluding carboxylic acids is 2.